The predicted molar refractivity (Wildman–Crippen MR) is 378 cm³/mol. The van der Waals surface area contributed by atoms with Crippen LogP contribution < -0.4 is 0 Å². The Bertz CT molecular complexity index is 6770. The van der Waals surface area contributed by atoms with Gasteiger partial charge < -0.3 is 8.83 Å². The number of thiophene rings is 1. The average Bonchev–Trinajstić information content (AvgIpc) is 1.67. The summed E-state index contributed by atoms with van der Waals surface area (Å²) >= 11 is 1.87. The fourth-order valence-electron chi connectivity index (χ4n) is 14.9. The van der Waals surface area contributed by atoms with E-state index in [0.29, 0.717) is 17.6 Å². The third-order valence-corrected chi connectivity index (χ3v) is 20.3. The molecule has 21 rings (SSSR count). The van der Waals surface area contributed by atoms with Crippen LogP contribution in [0.2, 0.25) is 0 Å². The Kier molecular flexibility index (Phi) is 9.84. The van der Waals surface area contributed by atoms with E-state index in [1.807, 2.05) is 35.6 Å². The van der Waals surface area contributed by atoms with E-state index in [4.69, 9.17) is 28.8 Å². The summed E-state index contributed by atoms with van der Waals surface area (Å²) in [5, 5.41) is 21.1. The van der Waals surface area contributed by atoms with Gasteiger partial charge in [0.1, 0.15) is 16.7 Å². The molecule has 0 bridgehead atoms. The van der Waals surface area contributed by atoms with Crippen LogP contribution in [-0.4, -0.2) is 29.1 Å². The highest BCUT2D eigenvalue weighted by molar-refractivity contribution is 7.26. The molecule has 7 heterocycles. The van der Waals surface area contributed by atoms with Crippen LogP contribution in [0, 0.1) is 0 Å². The molecule has 21 aromatic rings. The summed E-state index contributed by atoms with van der Waals surface area (Å²) in [5.41, 5.74) is 14.1. The quantitative estimate of drug-likeness (QED) is 0.171. The molecule has 0 aliphatic rings. The molecular formula is C82H44N6O2S. The van der Waals surface area contributed by atoms with E-state index in [1.54, 1.807) is 0 Å². The summed E-state index contributed by atoms with van der Waals surface area (Å²) in [6.45, 7) is 0. The van der Waals surface area contributed by atoms with Crippen molar-refractivity contribution in [1.29, 1.82) is 0 Å². The van der Waals surface area contributed by atoms with Crippen LogP contribution >= 0.6 is 11.3 Å². The molecule has 0 fully saturated rings. The molecule has 0 spiro atoms. The SMILES string of the molecule is c1ccc(-c2nc(-n3c4cc5c(cc4c4ccc6ccccc6c43)sc3c4ccc(-c6ccc7c(ccc8c9cc%10oc%11cc%12ccccc%12cc%11c%10cc9n(-c9nc(-c%10ccccc%10)c%10c(n9)oc9ccccc9%10)c78)c6)cc4ccc53)nc3ccccc23)cc1. The van der Waals surface area contributed by atoms with Gasteiger partial charge in [-0.25, -0.2) is 15.0 Å². The van der Waals surface area contributed by atoms with Crippen LogP contribution in [0.4, 0.5) is 0 Å². The van der Waals surface area contributed by atoms with Gasteiger partial charge in [-0.2, -0.15) is 4.98 Å². The molecule has 14 aromatic carbocycles. The van der Waals surface area contributed by atoms with Crippen molar-refractivity contribution in [2.75, 3.05) is 0 Å². The second kappa shape index (κ2) is 18.3. The minimum absolute atomic E-state index is 0.526. The second-order valence-corrected chi connectivity index (χ2v) is 25.1. The van der Waals surface area contributed by atoms with Crippen molar-refractivity contribution in [3.8, 4) is 45.5 Å². The number of para-hydroxylation sites is 2. The number of nitrogens with zero attached hydrogens (tertiary/aromatic N) is 6. The minimum atomic E-state index is 0.526. The van der Waals surface area contributed by atoms with Crippen LogP contribution in [0.15, 0.2) is 276 Å². The molecule has 0 aliphatic heterocycles. The molecule has 0 radical (unpaired) electrons. The van der Waals surface area contributed by atoms with Crippen LogP contribution in [-0.2, 0) is 0 Å². The molecule has 8 nitrogen and oxygen atoms in total. The fourth-order valence-corrected chi connectivity index (χ4v) is 16.2. The Morgan fingerprint density at radius 2 is 0.824 bits per heavy atom. The van der Waals surface area contributed by atoms with Crippen molar-refractivity contribution >= 4 is 173 Å². The van der Waals surface area contributed by atoms with Crippen LogP contribution in [0.25, 0.3) is 207 Å². The van der Waals surface area contributed by atoms with E-state index in [1.165, 1.54) is 47.1 Å². The highest BCUT2D eigenvalue weighted by atomic mass is 32.1. The standard InChI is InChI=1S/C82H44N6O2S/c1-3-16-46(17-4-1)75-60-23-11-13-25-67(60)83-81(84-75)87-69-42-66-59-36-31-53-38-51(29-33-56(53)79(59)91-73(66)44-63(69)58-34-27-45-15-9-10-22-54(45)77(58)87)50-28-32-55-52(37-50)30-35-57-62-43-72-65(64-39-48-20-7-8-21-49(48)40-71(64)89-72)41-68(62)88(78(55)57)82-85-76(47-18-5-2-6-19-47)74-61-24-12-14-26-70(61)90-80(74)86-82/h1-44H. The number of benzene rings is 14. The molecule has 91 heavy (non-hydrogen) atoms. The summed E-state index contributed by atoms with van der Waals surface area (Å²) in [6, 6.07) is 95.6. The van der Waals surface area contributed by atoms with Crippen LogP contribution in [0.1, 0.15) is 0 Å². The van der Waals surface area contributed by atoms with Gasteiger partial charge in [-0.15, -0.1) is 11.3 Å². The first-order chi connectivity index (χ1) is 45.1. The van der Waals surface area contributed by atoms with Crippen molar-refractivity contribution in [3.05, 3.63) is 267 Å². The fraction of sp³-hybridized carbons (Fsp3) is 0. The number of furan rings is 2. The van der Waals surface area contributed by atoms with Gasteiger partial charge in [-0.05, 0) is 104 Å². The maximum absolute atomic E-state index is 6.75. The van der Waals surface area contributed by atoms with Gasteiger partial charge in [-0.3, -0.25) is 9.13 Å². The number of hydrogen-bond donors (Lipinski definition) is 0. The Balaban J connectivity index is 0.740. The van der Waals surface area contributed by atoms with Crippen molar-refractivity contribution < 1.29 is 8.83 Å². The Morgan fingerprint density at radius 1 is 0.286 bits per heavy atom. The van der Waals surface area contributed by atoms with E-state index in [9.17, 15) is 0 Å². The molecule has 0 aliphatic carbocycles. The molecule has 0 saturated heterocycles. The van der Waals surface area contributed by atoms with Gasteiger partial charge >= 0.3 is 0 Å². The number of fused-ring (bicyclic) bond motifs is 23. The van der Waals surface area contributed by atoms with Crippen molar-refractivity contribution in [3.63, 3.8) is 0 Å². The molecule has 420 valence electrons. The lowest BCUT2D eigenvalue weighted by atomic mass is 9.97. The molecule has 0 saturated carbocycles. The summed E-state index contributed by atoms with van der Waals surface area (Å²) < 4.78 is 20.5. The largest absolute Gasteiger partial charge is 0.456 e. The minimum Gasteiger partial charge on any atom is -0.456 e. The first-order valence-corrected chi connectivity index (χ1v) is 31.5. The summed E-state index contributed by atoms with van der Waals surface area (Å²) in [5.74, 6) is 1.18. The maximum atomic E-state index is 6.75. The van der Waals surface area contributed by atoms with E-state index in [0.717, 1.165) is 143 Å². The van der Waals surface area contributed by atoms with Gasteiger partial charge in [0.2, 0.25) is 17.6 Å². The van der Waals surface area contributed by atoms with Crippen molar-refractivity contribution in [1.82, 2.24) is 29.1 Å². The second-order valence-electron chi connectivity index (χ2n) is 24.0. The number of rotatable bonds is 5. The summed E-state index contributed by atoms with van der Waals surface area (Å²) in [7, 11) is 0. The highest BCUT2D eigenvalue weighted by Gasteiger charge is 2.26. The average molecular weight is 1180 g/mol. The van der Waals surface area contributed by atoms with Gasteiger partial charge in [0.05, 0.1) is 44.4 Å². The monoisotopic (exact) mass is 1180 g/mol. The summed E-state index contributed by atoms with van der Waals surface area (Å²) in [6.07, 6.45) is 0. The molecule has 0 amide bonds. The predicted octanol–water partition coefficient (Wildman–Crippen LogP) is 22.4. The zero-order chi connectivity index (χ0) is 59.2. The lowest BCUT2D eigenvalue weighted by Gasteiger charge is -2.12. The van der Waals surface area contributed by atoms with Crippen molar-refractivity contribution in [2.24, 2.45) is 0 Å². The van der Waals surface area contributed by atoms with Crippen LogP contribution in [0.5, 0.6) is 0 Å². The first-order valence-electron chi connectivity index (χ1n) is 30.7. The van der Waals surface area contributed by atoms with E-state index < -0.39 is 0 Å². The molecule has 7 aromatic heterocycles. The molecular weight excluding hydrogens is 1130 g/mol. The number of hydrogen-bond acceptors (Lipinski definition) is 7. The number of aromatic nitrogens is 6. The topological polar surface area (TPSA) is 87.7 Å². The summed E-state index contributed by atoms with van der Waals surface area (Å²) in [4.78, 5) is 21.8. The zero-order valence-electron chi connectivity index (χ0n) is 48.3. The molecule has 0 unspecified atom stereocenters. The Morgan fingerprint density at radius 3 is 1.59 bits per heavy atom. The highest BCUT2D eigenvalue weighted by Crippen LogP contribution is 2.47. The van der Waals surface area contributed by atoms with Crippen molar-refractivity contribution in [2.45, 2.75) is 0 Å². The van der Waals surface area contributed by atoms with E-state index in [-0.39, 0.29) is 0 Å². The lowest BCUT2D eigenvalue weighted by Crippen LogP contribution is -2.03. The maximum Gasteiger partial charge on any atom is 0.238 e. The Labute approximate surface area is 520 Å². The zero-order valence-corrected chi connectivity index (χ0v) is 49.1. The van der Waals surface area contributed by atoms with Gasteiger partial charge in [0.25, 0.3) is 0 Å². The smallest absolute Gasteiger partial charge is 0.238 e. The van der Waals surface area contributed by atoms with Gasteiger partial charge in [0, 0.05) is 85.2 Å². The third-order valence-electron chi connectivity index (χ3n) is 19.1. The first kappa shape index (κ1) is 49.0. The van der Waals surface area contributed by atoms with Crippen LogP contribution in [0.3, 0.4) is 0 Å². The Hall–Kier alpha value is -12.0. The van der Waals surface area contributed by atoms with Gasteiger partial charge in [0.15, 0.2) is 0 Å². The third kappa shape index (κ3) is 7.03. The molecule has 0 atom stereocenters. The van der Waals surface area contributed by atoms with Gasteiger partial charge in [-0.1, -0.05) is 206 Å². The van der Waals surface area contributed by atoms with E-state index >= 15 is 0 Å². The molecule has 0 N–H and O–H groups in total. The lowest BCUT2D eigenvalue weighted by molar-refractivity contribution is 0.651. The molecule has 9 heteroatoms. The normalized spacial score (nSPS) is 12.4. The van der Waals surface area contributed by atoms with E-state index in [2.05, 4.69) is 252 Å².